The third-order valence-corrected chi connectivity index (χ3v) is 5.95. The lowest BCUT2D eigenvalue weighted by molar-refractivity contribution is -0.129. The molecule has 0 aliphatic carbocycles. The lowest BCUT2D eigenvalue weighted by Gasteiger charge is -2.15. The molecule has 0 fully saturated rings. The van der Waals surface area contributed by atoms with E-state index in [1.165, 1.54) is 12.1 Å². The molecule has 168 valence electrons. The van der Waals surface area contributed by atoms with Crippen molar-refractivity contribution in [3.8, 4) is 11.5 Å². The van der Waals surface area contributed by atoms with E-state index in [2.05, 4.69) is 43.5 Å². The second-order valence-electron chi connectivity index (χ2n) is 7.02. The summed E-state index contributed by atoms with van der Waals surface area (Å²) >= 11 is 5.53. The van der Waals surface area contributed by atoms with Crippen molar-refractivity contribution in [1.82, 2.24) is 0 Å². The molecule has 0 amide bonds. The molecule has 3 aromatic rings. The van der Waals surface area contributed by atoms with Crippen LogP contribution in [0.4, 0.5) is 4.39 Å². The van der Waals surface area contributed by atoms with Crippen LogP contribution in [-0.4, -0.2) is 18.5 Å². The number of hydrogen-bond donors (Lipinski definition) is 0. The van der Waals surface area contributed by atoms with Crippen LogP contribution in [-0.2, 0) is 16.1 Å². The van der Waals surface area contributed by atoms with Crippen LogP contribution in [0.15, 0.2) is 75.8 Å². The molecule has 3 aromatic carbocycles. The van der Waals surface area contributed by atoms with E-state index in [0.717, 1.165) is 8.04 Å². The fourth-order valence-electron chi connectivity index (χ4n) is 3.14. The zero-order valence-electron chi connectivity index (χ0n) is 17.5. The molecule has 33 heavy (non-hydrogen) atoms. The number of rotatable bonds is 7. The second-order valence-corrected chi connectivity index (χ2v) is 9.10. The Labute approximate surface area is 212 Å². The van der Waals surface area contributed by atoms with Gasteiger partial charge in [0.25, 0.3) is 0 Å². The van der Waals surface area contributed by atoms with E-state index in [0.29, 0.717) is 34.8 Å². The van der Waals surface area contributed by atoms with E-state index in [1.54, 1.807) is 24.3 Å². The molecule has 8 heteroatoms. The average molecular weight is 622 g/mol. The average Bonchev–Trinajstić information content (AvgIpc) is 3.14. The number of halogens is 3. The molecule has 1 aliphatic heterocycles. The Hall–Kier alpha value is -2.72. The summed E-state index contributed by atoms with van der Waals surface area (Å²) in [4.78, 5) is 16.7. The topological polar surface area (TPSA) is 57.1 Å². The first-order chi connectivity index (χ1) is 15.9. The molecule has 0 radical (unpaired) electrons. The first-order valence-electron chi connectivity index (χ1n) is 10.0. The highest BCUT2D eigenvalue weighted by Gasteiger charge is 2.24. The van der Waals surface area contributed by atoms with Gasteiger partial charge in [0.1, 0.15) is 12.4 Å². The number of nitrogens with zero attached hydrogens (tertiary/aromatic N) is 1. The summed E-state index contributed by atoms with van der Waals surface area (Å²) in [6.07, 6.45) is 1.65. The highest BCUT2D eigenvalue weighted by Crippen LogP contribution is 2.36. The maximum absolute atomic E-state index is 13.5. The molecule has 0 saturated carbocycles. The summed E-state index contributed by atoms with van der Waals surface area (Å²) in [5, 5.41) is 0. The first-order valence-corrected chi connectivity index (χ1v) is 11.9. The van der Waals surface area contributed by atoms with E-state index in [9.17, 15) is 9.18 Å². The molecule has 5 nitrogen and oxygen atoms in total. The van der Waals surface area contributed by atoms with E-state index in [4.69, 9.17) is 14.2 Å². The van der Waals surface area contributed by atoms with E-state index in [1.807, 2.05) is 37.3 Å². The summed E-state index contributed by atoms with van der Waals surface area (Å²) in [6, 6.07) is 17.2. The number of ether oxygens (including phenoxy) is 3. The number of cyclic esters (lactones) is 1. The van der Waals surface area contributed by atoms with Crippen molar-refractivity contribution in [3.63, 3.8) is 0 Å². The molecular weight excluding hydrogens is 604 g/mol. The van der Waals surface area contributed by atoms with Gasteiger partial charge >= 0.3 is 5.97 Å². The van der Waals surface area contributed by atoms with Crippen LogP contribution in [0.5, 0.6) is 11.5 Å². The molecule has 1 aliphatic rings. The SMILES string of the molecule is CCOc1cc(/C=C2\N=C(c3ccc(Br)cc3)OC2=O)cc(I)c1OCc1cccc(F)c1. The van der Waals surface area contributed by atoms with Gasteiger partial charge < -0.3 is 14.2 Å². The van der Waals surface area contributed by atoms with Gasteiger partial charge in [0, 0.05) is 10.0 Å². The molecule has 4 rings (SSSR count). The van der Waals surface area contributed by atoms with Gasteiger partial charge in [-0.15, -0.1) is 0 Å². The maximum atomic E-state index is 13.5. The lowest BCUT2D eigenvalue weighted by atomic mass is 10.1. The Bertz CT molecular complexity index is 1260. The quantitative estimate of drug-likeness (QED) is 0.171. The first kappa shape index (κ1) is 23.4. The third kappa shape index (κ3) is 5.80. The molecule has 0 bridgehead atoms. The molecule has 0 unspecified atom stereocenters. The monoisotopic (exact) mass is 621 g/mol. The number of benzene rings is 3. The van der Waals surface area contributed by atoms with Crippen LogP contribution < -0.4 is 9.47 Å². The van der Waals surface area contributed by atoms with Gasteiger partial charge in [-0.1, -0.05) is 28.1 Å². The van der Waals surface area contributed by atoms with Crippen molar-refractivity contribution in [2.24, 2.45) is 4.99 Å². The minimum absolute atomic E-state index is 0.194. The van der Waals surface area contributed by atoms with Crippen LogP contribution in [0.25, 0.3) is 6.08 Å². The Morgan fingerprint density at radius 1 is 1.12 bits per heavy atom. The van der Waals surface area contributed by atoms with Crippen molar-refractivity contribution in [2.75, 3.05) is 6.61 Å². The lowest BCUT2D eigenvalue weighted by Crippen LogP contribution is -2.05. The summed E-state index contributed by atoms with van der Waals surface area (Å²) < 4.78 is 32.2. The zero-order valence-corrected chi connectivity index (χ0v) is 21.2. The standard InChI is InChI=1S/C25H18BrFINO4/c1-2-31-22-13-16(11-20(28)23(22)32-14-15-4-3-5-19(27)10-15)12-21-25(30)33-24(29-21)17-6-8-18(26)9-7-17/h3-13H,2,14H2,1H3/b21-12-. The molecule has 0 saturated heterocycles. The highest BCUT2D eigenvalue weighted by molar-refractivity contribution is 14.1. The highest BCUT2D eigenvalue weighted by atomic mass is 127. The van der Waals surface area contributed by atoms with Gasteiger partial charge in [0.15, 0.2) is 17.2 Å². The normalized spacial score (nSPS) is 14.2. The Morgan fingerprint density at radius 2 is 1.91 bits per heavy atom. The molecule has 0 spiro atoms. The minimum atomic E-state index is -0.521. The van der Waals surface area contributed by atoms with Gasteiger partial charge in [0.2, 0.25) is 5.90 Å². The largest absolute Gasteiger partial charge is 0.490 e. The summed E-state index contributed by atoms with van der Waals surface area (Å²) in [5.74, 6) is 0.498. The molecule has 0 aromatic heterocycles. The summed E-state index contributed by atoms with van der Waals surface area (Å²) in [5.41, 5.74) is 2.33. The van der Waals surface area contributed by atoms with E-state index < -0.39 is 5.97 Å². The number of esters is 1. The zero-order chi connectivity index (χ0) is 23.4. The Balaban J connectivity index is 1.61. The van der Waals surface area contributed by atoms with Crippen molar-refractivity contribution >= 4 is 56.5 Å². The van der Waals surface area contributed by atoms with E-state index in [-0.39, 0.29) is 24.0 Å². The van der Waals surface area contributed by atoms with Crippen LogP contribution in [0.3, 0.4) is 0 Å². The van der Waals surface area contributed by atoms with Gasteiger partial charge in [-0.25, -0.2) is 14.2 Å². The molecular formula is C25H18BrFINO4. The number of aliphatic imine (C=N–C) groups is 1. The number of hydrogen-bond acceptors (Lipinski definition) is 5. The van der Waals surface area contributed by atoms with Crippen molar-refractivity contribution in [1.29, 1.82) is 0 Å². The maximum Gasteiger partial charge on any atom is 0.363 e. The van der Waals surface area contributed by atoms with Crippen LogP contribution in [0.2, 0.25) is 0 Å². The molecule has 0 atom stereocenters. The van der Waals surface area contributed by atoms with Gasteiger partial charge in [-0.2, -0.15) is 0 Å². The summed E-state index contributed by atoms with van der Waals surface area (Å²) in [7, 11) is 0. The molecule has 1 heterocycles. The Morgan fingerprint density at radius 3 is 2.64 bits per heavy atom. The second kappa shape index (κ2) is 10.5. The predicted octanol–water partition coefficient (Wildman–Crippen LogP) is 6.52. The van der Waals surface area contributed by atoms with Crippen LogP contribution >= 0.6 is 38.5 Å². The Kier molecular flexibility index (Phi) is 7.44. The van der Waals surface area contributed by atoms with Crippen molar-refractivity contribution < 1.29 is 23.4 Å². The fourth-order valence-corrected chi connectivity index (χ4v) is 4.18. The smallest absolute Gasteiger partial charge is 0.363 e. The van der Waals surface area contributed by atoms with Gasteiger partial charge in [-0.3, -0.25) is 0 Å². The molecule has 0 N–H and O–H groups in total. The summed E-state index contributed by atoms with van der Waals surface area (Å²) in [6.45, 7) is 2.50. The van der Waals surface area contributed by atoms with Crippen LogP contribution in [0.1, 0.15) is 23.6 Å². The number of carbonyl (C=O) groups excluding carboxylic acids is 1. The van der Waals surface area contributed by atoms with Gasteiger partial charge in [0.05, 0.1) is 10.2 Å². The van der Waals surface area contributed by atoms with Gasteiger partial charge in [-0.05, 0) is 95.2 Å². The van der Waals surface area contributed by atoms with E-state index >= 15 is 0 Å². The minimum Gasteiger partial charge on any atom is -0.490 e. The fraction of sp³-hybridized carbons (Fsp3) is 0.120. The third-order valence-electron chi connectivity index (χ3n) is 4.62. The van der Waals surface area contributed by atoms with Crippen molar-refractivity contribution in [2.45, 2.75) is 13.5 Å². The van der Waals surface area contributed by atoms with Crippen molar-refractivity contribution in [3.05, 3.63) is 96.9 Å². The number of carbonyl (C=O) groups is 1. The predicted molar refractivity (Wildman–Crippen MR) is 136 cm³/mol. The van der Waals surface area contributed by atoms with Crippen LogP contribution in [0, 0.1) is 9.39 Å².